The Hall–Kier alpha value is -2.67. The minimum absolute atomic E-state index is 0.00652. The van der Waals surface area contributed by atoms with Crippen LogP contribution in [0.2, 0.25) is 0 Å². The lowest BCUT2D eigenvalue weighted by molar-refractivity contribution is -0.121. The quantitative estimate of drug-likeness (QED) is 0.668. The third-order valence-corrected chi connectivity index (χ3v) is 5.79. The summed E-state index contributed by atoms with van der Waals surface area (Å²) in [5.41, 5.74) is 2.56. The number of nitrogens with one attached hydrogen (secondary N) is 1. The first kappa shape index (κ1) is 20.6. The van der Waals surface area contributed by atoms with Crippen molar-refractivity contribution < 1.29 is 4.79 Å². The van der Waals surface area contributed by atoms with Gasteiger partial charge >= 0.3 is 0 Å². The van der Waals surface area contributed by atoms with E-state index >= 15 is 0 Å². The molecule has 1 aromatic carbocycles. The van der Waals surface area contributed by atoms with Gasteiger partial charge in [0.05, 0.1) is 6.20 Å². The van der Waals surface area contributed by atoms with E-state index in [2.05, 4.69) is 34.1 Å². The van der Waals surface area contributed by atoms with Gasteiger partial charge < -0.3 is 10.2 Å². The van der Waals surface area contributed by atoms with Gasteiger partial charge in [0.2, 0.25) is 5.91 Å². The number of benzene rings is 1. The molecule has 4 rings (SSSR count). The lowest BCUT2D eigenvalue weighted by Crippen LogP contribution is -2.40. The largest absolute Gasteiger partial charge is 0.311 e. The van der Waals surface area contributed by atoms with Crippen LogP contribution in [0, 0.1) is 11.8 Å². The Morgan fingerprint density at radius 1 is 1.23 bits per heavy atom. The van der Waals surface area contributed by atoms with Gasteiger partial charge in [0.15, 0.2) is 0 Å². The van der Waals surface area contributed by atoms with E-state index in [1.165, 1.54) is 0 Å². The summed E-state index contributed by atoms with van der Waals surface area (Å²) in [4.78, 5) is 19.7. The second-order valence-electron chi connectivity index (χ2n) is 8.68. The number of carbonyl (C=O) groups excluding carboxylic acids is 1. The van der Waals surface area contributed by atoms with Crippen molar-refractivity contribution in [1.29, 1.82) is 0 Å². The summed E-state index contributed by atoms with van der Waals surface area (Å²) in [5.74, 6) is 1.11. The molecule has 1 saturated heterocycles. The molecule has 0 aliphatic carbocycles. The lowest BCUT2D eigenvalue weighted by Gasteiger charge is -2.32. The third-order valence-electron chi connectivity index (χ3n) is 5.79. The Morgan fingerprint density at radius 3 is 2.67 bits per heavy atom. The van der Waals surface area contributed by atoms with E-state index in [4.69, 9.17) is 7.85 Å². The molecule has 0 atom stereocenters. The normalized spacial score (nSPS) is 15.7. The standard InChI is InChI=1S/C23H28BN5O/c1-15(2)13-29-8-6-16(7-9-29)23(30)27-22-21(24)20-10-17(4-5-18(20)11-25-22)19-12-26-28(3)14-19/h4-5,10-12,14-16H,6-9,13H2,1-3H3,(H,25,27,30). The number of fused-ring (bicyclic) bond motifs is 1. The van der Waals surface area contributed by atoms with Crippen LogP contribution in [-0.4, -0.2) is 53.1 Å². The highest BCUT2D eigenvalue weighted by molar-refractivity contribution is 6.42. The Morgan fingerprint density at radius 2 is 2.00 bits per heavy atom. The molecule has 7 heteroatoms. The minimum atomic E-state index is 0.00652. The number of pyridine rings is 1. The van der Waals surface area contributed by atoms with Crippen LogP contribution in [0.5, 0.6) is 0 Å². The van der Waals surface area contributed by atoms with Crippen LogP contribution in [0.25, 0.3) is 21.9 Å². The zero-order valence-electron chi connectivity index (χ0n) is 17.9. The molecule has 154 valence electrons. The van der Waals surface area contributed by atoms with E-state index < -0.39 is 0 Å². The Balaban J connectivity index is 1.50. The number of piperidine rings is 1. The van der Waals surface area contributed by atoms with E-state index in [-0.39, 0.29) is 11.8 Å². The molecule has 0 bridgehead atoms. The van der Waals surface area contributed by atoms with E-state index in [1.807, 2.05) is 37.6 Å². The number of nitrogens with zero attached hydrogens (tertiary/aromatic N) is 4. The second kappa shape index (κ2) is 8.60. The highest BCUT2D eigenvalue weighted by atomic mass is 16.1. The molecule has 1 N–H and O–H groups in total. The summed E-state index contributed by atoms with van der Waals surface area (Å²) in [7, 11) is 8.31. The molecule has 3 aromatic rings. The summed E-state index contributed by atoms with van der Waals surface area (Å²) in [5, 5.41) is 9.05. The van der Waals surface area contributed by atoms with Gasteiger partial charge in [-0.2, -0.15) is 5.10 Å². The van der Waals surface area contributed by atoms with Crippen LogP contribution in [0.3, 0.4) is 0 Å². The molecule has 2 aromatic heterocycles. The van der Waals surface area contributed by atoms with Gasteiger partial charge in [0.25, 0.3) is 0 Å². The maximum Gasteiger partial charge on any atom is 0.228 e. The molecule has 1 aliphatic heterocycles. The Bertz CT molecular complexity index is 1050. The maximum absolute atomic E-state index is 12.8. The molecule has 0 unspecified atom stereocenters. The number of anilines is 1. The van der Waals surface area contributed by atoms with Crippen molar-refractivity contribution in [2.45, 2.75) is 26.7 Å². The molecule has 1 aliphatic rings. The van der Waals surface area contributed by atoms with E-state index in [0.29, 0.717) is 17.2 Å². The molecule has 1 fully saturated rings. The summed E-state index contributed by atoms with van der Waals surface area (Å²) in [6.45, 7) is 7.48. The van der Waals surface area contributed by atoms with E-state index in [0.717, 1.165) is 54.4 Å². The van der Waals surface area contributed by atoms with Crippen LogP contribution in [0.15, 0.2) is 36.8 Å². The van der Waals surface area contributed by atoms with Gasteiger partial charge in [-0.3, -0.25) is 9.48 Å². The average molecular weight is 401 g/mol. The van der Waals surface area contributed by atoms with Crippen molar-refractivity contribution in [3.05, 3.63) is 36.8 Å². The summed E-state index contributed by atoms with van der Waals surface area (Å²) in [6.07, 6.45) is 7.30. The molecular weight excluding hydrogens is 373 g/mol. The van der Waals surface area contributed by atoms with Crippen LogP contribution in [-0.2, 0) is 11.8 Å². The number of hydrogen-bond acceptors (Lipinski definition) is 4. The van der Waals surface area contributed by atoms with Crippen LogP contribution < -0.4 is 10.8 Å². The molecular formula is C23H28BN5O. The first-order valence-corrected chi connectivity index (χ1v) is 10.6. The fourth-order valence-electron chi connectivity index (χ4n) is 4.20. The number of hydrogen-bond donors (Lipinski definition) is 1. The van der Waals surface area contributed by atoms with Crippen molar-refractivity contribution in [1.82, 2.24) is 19.7 Å². The zero-order chi connectivity index (χ0) is 21.3. The first-order valence-electron chi connectivity index (χ1n) is 10.6. The fraction of sp³-hybridized carbons (Fsp3) is 0.435. The van der Waals surface area contributed by atoms with Gasteiger partial charge in [0.1, 0.15) is 13.7 Å². The smallest absolute Gasteiger partial charge is 0.228 e. The summed E-state index contributed by atoms with van der Waals surface area (Å²) >= 11 is 0. The lowest BCUT2D eigenvalue weighted by atomic mass is 9.89. The number of rotatable bonds is 5. The van der Waals surface area contributed by atoms with Gasteiger partial charge in [0, 0.05) is 37.5 Å². The number of aromatic nitrogens is 3. The SMILES string of the molecule is [B]c1c(NC(=O)C2CCN(CC(C)C)CC2)ncc2ccc(-c3cnn(C)c3)cc12. The molecule has 1 amide bonds. The Labute approximate surface area is 179 Å². The predicted molar refractivity (Wildman–Crippen MR) is 122 cm³/mol. The van der Waals surface area contributed by atoms with Crippen molar-refractivity contribution in [3.8, 4) is 11.1 Å². The highest BCUT2D eigenvalue weighted by Crippen LogP contribution is 2.24. The highest BCUT2D eigenvalue weighted by Gasteiger charge is 2.25. The van der Waals surface area contributed by atoms with Gasteiger partial charge in [-0.25, -0.2) is 4.98 Å². The summed E-state index contributed by atoms with van der Waals surface area (Å²) < 4.78 is 1.77. The maximum atomic E-state index is 12.8. The minimum Gasteiger partial charge on any atom is -0.311 e. The van der Waals surface area contributed by atoms with Crippen LogP contribution in [0.4, 0.5) is 5.82 Å². The Kier molecular flexibility index (Phi) is 5.91. The van der Waals surface area contributed by atoms with Crippen molar-refractivity contribution in [2.24, 2.45) is 18.9 Å². The van der Waals surface area contributed by atoms with E-state index in [1.54, 1.807) is 10.9 Å². The average Bonchev–Trinajstić information content (AvgIpc) is 3.16. The topological polar surface area (TPSA) is 63.1 Å². The van der Waals surface area contributed by atoms with Crippen molar-refractivity contribution >= 4 is 35.8 Å². The van der Waals surface area contributed by atoms with Gasteiger partial charge in [-0.1, -0.05) is 26.0 Å². The van der Waals surface area contributed by atoms with Crippen LogP contribution >= 0.6 is 0 Å². The molecule has 30 heavy (non-hydrogen) atoms. The number of likely N-dealkylation sites (tertiary alicyclic amines) is 1. The first-order chi connectivity index (χ1) is 14.4. The van der Waals surface area contributed by atoms with Gasteiger partial charge in [-0.15, -0.1) is 0 Å². The molecule has 3 heterocycles. The second-order valence-corrected chi connectivity index (χ2v) is 8.68. The van der Waals surface area contributed by atoms with Gasteiger partial charge in [-0.05, 0) is 59.7 Å². The van der Waals surface area contributed by atoms with Crippen molar-refractivity contribution in [3.63, 3.8) is 0 Å². The number of amides is 1. The monoisotopic (exact) mass is 401 g/mol. The molecule has 2 radical (unpaired) electrons. The fourth-order valence-corrected chi connectivity index (χ4v) is 4.20. The molecule has 6 nitrogen and oxygen atoms in total. The van der Waals surface area contributed by atoms with Crippen LogP contribution in [0.1, 0.15) is 26.7 Å². The molecule has 0 saturated carbocycles. The number of aryl methyl sites for hydroxylation is 1. The van der Waals surface area contributed by atoms with Crippen molar-refractivity contribution in [2.75, 3.05) is 25.0 Å². The third kappa shape index (κ3) is 4.41. The summed E-state index contributed by atoms with van der Waals surface area (Å²) in [6, 6.07) is 6.06. The number of carbonyl (C=O) groups is 1. The predicted octanol–water partition coefficient (Wildman–Crippen LogP) is 2.74. The van der Waals surface area contributed by atoms with E-state index in [9.17, 15) is 4.79 Å². The zero-order valence-corrected chi connectivity index (χ0v) is 17.9. The molecule has 0 spiro atoms.